The molecule has 2 rings (SSSR count). The maximum Gasteiger partial charge on any atom is 0.315 e. The van der Waals surface area contributed by atoms with Gasteiger partial charge in [-0.15, -0.1) is 0 Å². The van der Waals surface area contributed by atoms with Crippen LogP contribution in [-0.2, 0) is 0 Å². The Morgan fingerprint density at radius 3 is 2.58 bits per heavy atom. The van der Waals surface area contributed by atoms with Crippen LogP contribution < -0.4 is 9.47 Å². The summed E-state index contributed by atoms with van der Waals surface area (Å²) in [5.74, 6) is -1.85. The van der Waals surface area contributed by atoms with Gasteiger partial charge in [0.05, 0.1) is 30.9 Å². The second kappa shape index (κ2) is 7.19. The van der Waals surface area contributed by atoms with Crippen LogP contribution in [-0.4, -0.2) is 29.9 Å². The number of ketones is 1. The topological polar surface area (TPSA) is 115 Å². The van der Waals surface area contributed by atoms with E-state index in [1.165, 1.54) is 26.5 Å². The van der Waals surface area contributed by atoms with Crippen molar-refractivity contribution in [3.8, 4) is 17.6 Å². The lowest BCUT2D eigenvalue weighted by atomic mass is 9.94. The molecule has 0 saturated heterocycles. The molecule has 1 aromatic carbocycles. The van der Waals surface area contributed by atoms with E-state index in [2.05, 4.69) is 4.98 Å². The highest BCUT2D eigenvalue weighted by molar-refractivity contribution is 6.03. The lowest BCUT2D eigenvalue weighted by molar-refractivity contribution is -0.385. The predicted octanol–water partition coefficient (Wildman–Crippen LogP) is 2.50. The molecule has 122 valence electrons. The van der Waals surface area contributed by atoms with Crippen LogP contribution in [0.4, 0.5) is 5.69 Å². The fourth-order valence-electron chi connectivity index (χ4n) is 2.19. The molecule has 24 heavy (non-hydrogen) atoms. The summed E-state index contributed by atoms with van der Waals surface area (Å²) in [6, 6.07) is 9.10. The monoisotopic (exact) mass is 327 g/mol. The van der Waals surface area contributed by atoms with E-state index in [4.69, 9.17) is 9.47 Å². The van der Waals surface area contributed by atoms with E-state index in [0.29, 0.717) is 0 Å². The van der Waals surface area contributed by atoms with Crippen molar-refractivity contribution in [3.63, 3.8) is 0 Å². The van der Waals surface area contributed by atoms with Crippen LogP contribution in [0, 0.1) is 21.4 Å². The minimum absolute atomic E-state index is 0.0310. The highest BCUT2D eigenvalue weighted by Gasteiger charge is 2.28. The van der Waals surface area contributed by atoms with E-state index in [0.717, 1.165) is 6.07 Å². The Balaban J connectivity index is 2.55. The van der Waals surface area contributed by atoms with Gasteiger partial charge in [0.2, 0.25) is 5.75 Å². The number of carbonyl (C=O) groups is 1. The van der Waals surface area contributed by atoms with Crippen molar-refractivity contribution >= 4 is 11.5 Å². The first-order valence-electron chi connectivity index (χ1n) is 6.78. The summed E-state index contributed by atoms with van der Waals surface area (Å²) in [5, 5.41) is 20.5. The number of pyridine rings is 1. The van der Waals surface area contributed by atoms with E-state index < -0.39 is 22.3 Å². The Morgan fingerprint density at radius 1 is 1.33 bits per heavy atom. The third-order valence-corrected chi connectivity index (χ3v) is 3.32. The van der Waals surface area contributed by atoms with Crippen molar-refractivity contribution in [1.29, 1.82) is 5.26 Å². The average molecular weight is 327 g/mol. The molecule has 0 spiro atoms. The van der Waals surface area contributed by atoms with Crippen molar-refractivity contribution in [3.05, 3.63) is 57.9 Å². The minimum Gasteiger partial charge on any atom is -0.493 e. The van der Waals surface area contributed by atoms with Gasteiger partial charge in [0.1, 0.15) is 0 Å². The van der Waals surface area contributed by atoms with Crippen LogP contribution in [0.1, 0.15) is 22.0 Å². The van der Waals surface area contributed by atoms with E-state index >= 15 is 0 Å². The smallest absolute Gasteiger partial charge is 0.315 e. The number of nitriles is 1. The van der Waals surface area contributed by atoms with Gasteiger partial charge in [0.25, 0.3) is 0 Å². The molecule has 0 saturated carbocycles. The summed E-state index contributed by atoms with van der Waals surface area (Å²) in [6.45, 7) is 0. The summed E-state index contributed by atoms with van der Waals surface area (Å²) >= 11 is 0. The molecular formula is C16H13N3O5. The second-order valence-corrected chi connectivity index (χ2v) is 4.67. The summed E-state index contributed by atoms with van der Waals surface area (Å²) in [7, 11) is 2.56. The van der Waals surface area contributed by atoms with Crippen LogP contribution in [0.5, 0.6) is 11.5 Å². The van der Waals surface area contributed by atoms with E-state index in [1.807, 2.05) is 6.07 Å². The average Bonchev–Trinajstić information content (AvgIpc) is 2.61. The number of rotatable bonds is 6. The molecule has 1 atom stereocenters. The number of nitrogens with zero attached hydrogens (tertiary/aromatic N) is 3. The maximum atomic E-state index is 12.6. The van der Waals surface area contributed by atoms with Crippen molar-refractivity contribution in [2.75, 3.05) is 14.2 Å². The Bertz CT molecular complexity index is 814. The van der Waals surface area contributed by atoms with Gasteiger partial charge in [0, 0.05) is 17.8 Å². The van der Waals surface area contributed by atoms with Crippen molar-refractivity contribution in [2.45, 2.75) is 5.92 Å². The number of hydrogen-bond donors (Lipinski definition) is 0. The Morgan fingerprint density at radius 2 is 2.08 bits per heavy atom. The number of aromatic nitrogens is 1. The van der Waals surface area contributed by atoms with Gasteiger partial charge in [-0.2, -0.15) is 5.26 Å². The molecule has 0 fully saturated rings. The molecular weight excluding hydrogens is 314 g/mol. The largest absolute Gasteiger partial charge is 0.493 e. The lowest BCUT2D eigenvalue weighted by Gasteiger charge is -2.12. The molecule has 8 nitrogen and oxygen atoms in total. The molecule has 0 radical (unpaired) electrons. The SMILES string of the molecule is COc1cc(C(=O)C(C#N)c2ccccn2)cc([N+](=O)[O-])c1OC. The predicted molar refractivity (Wildman–Crippen MR) is 83.1 cm³/mol. The highest BCUT2D eigenvalue weighted by Crippen LogP contribution is 2.38. The van der Waals surface area contributed by atoms with Crippen LogP contribution in [0.3, 0.4) is 0 Å². The van der Waals surface area contributed by atoms with Crippen LogP contribution in [0.15, 0.2) is 36.5 Å². The number of methoxy groups -OCH3 is 2. The Hall–Kier alpha value is -3.47. The number of benzene rings is 1. The van der Waals surface area contributed by atoms with Gasteiger partial charge in [-0.05, 0) is 18.2 Å². The lowest BCUT2D eigenvalue weighted by Crippen LogP contribution is -2.13. The van der Waals surface area contributed by atoms with Gasteiger partial charge in [-0.25, -0.2) is 0 Å². The van der Waals surface area contributed by atoms with Gasteiger partial charge in [0.15, 0.2) is 17.5 Å². The quantitative estimate of drug-likeness (QED) is 0.454. The zero-order valence-electron chi connectivity index (χ0n) is 12.9. The van der Waals surface area contributed by atoms with Gasteiger partial charge < -0.3 is 9.47 Å². The Labute approximate surface area is 137 Å². The first kappa shape index (κ1) is 16.9. The summed E-state index contributed by atoms with van der Waals surface area (Å²) < 4.78 is 10.0. The van der Waals surface area contributed by atoms with E-state index in [1.54, 1.807) is 18.2 Å². The molecule has 1 unspecified atom stereocenters. The van der Waals surface area contributed by atoms with Gasteiger partial charge in [-0.3, -0.25) is 19.9 Å². The normalized spacial score (nSPS) is 11.2. The van der Waals surface area contributed by atoms with Crippen LogP contribution >= 0.6 is 0 Å². The first-order valence-corrected chi connectivity index (χ1v) is 6.78. The highest BCUT2D eigenvalue weighted by atomic mass is 16.6. The van der Waals surface area contributed by atoms with E-state index in [9.17, 15) is 20.2 Å². The molecule has 0 aliphatic carbocycles. The number of Topliss-reactive ketones (excluding diaryl/α,β-unsaturated/α-hetero) is 1. The van der Waals surface area contributed by atoms with Crippen molar-refractivity contribution < 1.29 is 19.2 Å². The summed E-state index contributed by atoms with van der Waals surface area (Å²) in [5.41, 5.74) is -0.183. The van der Waals surface area contributed by atoms with Crippen LogP contribution in [0.2, 0.25) is 0 Å². The molecule has 0 N–H and O–H groups in total. The fourth-order valence-corrected chi connectivity index (χ4v) is 2.19. The number of nitro groups is 1. The second-order valence-electron chi connectivity index (χ2n) is 4.67. The molecule has 2 aromatic rings. The first-order chi connectivity index (χ1) is 11.5. The zero-order chi connectivity index (χ0) is 17.7. The minimum atomic E-state index is -1.18. The van der Waals surface area contributed by atoms with Crippen molar-refractivity contribution in [1.82, 2.24) is 4.98 Å². The molecule has 0 aliphatic rings. The molecule has 0 amide bonds. The van der Waals surface area contributed by atoms with Gasteiger partial charge >= 0.3 is 5.69 Å². The molecule has 8 heteroatoms. The van der Waals surface area contributed by atoms with E-state index in [-0.39, 0.29) is 22.8 Å². The third-order valence-electron chi connectivity index (χ3n) is 3.32. The molecule has 1 aromatic heterocycles. The van der Waals surface area contributed by atoms with Gasteiger partial charge in [-0.1, -0.05) is 6.07 Å². The zero-order valence-corrected chi connectivity index (χ0v) is 12.9. The number of ether oxygens (including phenoxy) is 2. The number of hydrogen-bond acceptors (Lipinski definition) is 7. The molecule has 0 aliphatic heterocycles. The number of nitro benzene ring substituents is 1. The number of carbonyl (C=O) groups excluding carboxylic acids is 1. The molecule has 1 heterocycles. The summed E-state index contributed by atoms with van der Waals surface area (Å²) in [6.07, 6.45) is 1.46. The maximum absolute atomic E-state index is 12.6. The van der Waals surface area contributed by atoms with Crippen LogP contribution in [0.25, 0.3) is 0 Å². The standard InChI is InChI=1S/C16H13N3O5/c1-23-14-8-10(7-13(19(21)22)16(14)24-2)15(20)11(9-17)12-5-3-4-6-18-12/h3-8,11H,1-2H3. The van der Waals surface area contributed by atoms with Crippen molar-refractivity contribution in [2.24, 2.45) is 0 Å². The summed E-state index contributed by atoms with van der Waals surface area (Å²) in [4.78, 5) is 27.2. The fraction of sp³-hybridized carbons (Fsp3) is 0.188. The third kappa shape index (κ3) is 3.15. The Kier molecular flexibility index (Phi) is 5.06. The molecule has 0 bridgehead atoms.